The average molecular weight is 990 g/mol. The van der Waals surface area contributed by atoms with Gasteiger partial charge in [-0.05, 0) is 135 Å². The Morgan fingerprint density at radius 2 is 0.899 bits per heavy atom. The smallest absolute Gasteiger partial charge is 0.282 e. The van der Waals surface area contributed by atoms with E-state index in [0.717, 1.165) is 22.9 Å². The number of nitrogens with two attached hydrogens (primary N) is 1. The van der Waals surface area contributed by atoms with Gasteiger partial charge in [-0.25, -0.2) is 0 Å². The Hall–Kier alpha value is -5.45. The van der Waals surface area contributed by atoms with E-state index < -0.39 is 31.9 Å². The molecule has 14 heteroatoms. The van der Waals surface area contributed by atoms with Gasteiger partial charge in [0.05, 0.1) is 36.9 Å². The van der Waals surface area contributed by atoms with Crippen molar-refractivity contribution in [3.63, 3.8) is 0 Å². The van der Waals surface area contributed by atoms with Crippen LogP contribution < -0.4 is 47.1 Å². The molecule has 0 aliphatic carbocycles. The van der Waals surface area contributed by atoms with Crippen LogP contribution in [0.1, 0.15) is 72.1 Å². The lowest BCUT2D eigenvalue weighted by Crippen LogP contribution is -2.49. The number of nitrogens with one attached hydrogen (secondary N) is 2. The topological polar surface area (TPSA) is 155 Å². The molecule has 6 rings (SSSR count). The molecule has 0 heterocycles. The molecule has 0 saturated carbocycles. The summed E-state index contributed by atoms with van der Waals surface area (Å²) in [5, 5.41) is 8.16. The van der Waals surface area contributed by atoms with Crippen molar-refractivity contribution in [3.05, 3.63) is 181 Å². The first-order chi connectivity index (χ1) is 32.8. The van der Waals surface area contributed by atoms with Gasteiger partial charge < -0.3 is 34.9 Å². The van der Waals surface area contributed by atoms with Crippen LogP contribution in [0.25, 0.3) is 0 Å². The fourth-order valence-corrected chi connectivity index (χ4v) is 12.7. The number of carbonyl (C=O) groups is 2. The van der Waals surface area contributed by atoms with E-state index in [1.54, 1.807) is 24.3 Å². The molecule has 0 aliphatic rings. The molecule has 69 heavy (non-hydrogen) atoms. The van der Waals surface area contributed by atoms with Gasteiger partial charge in [-0.1, -0.05) is 118 Å². The van der Waals surface area contributed by atoms with E-state index in [4.69, 9.17) is 24.3 Å². The van der Waals surface area contributed by atoms with Crippen LogP contribution in [-0.2, 0) is 23.0 Å². The van der Waals surface area contributed by atoms with Crippen LogP contribution in [0.5, 0.6) is 11.5 Å². The molecular formula is C55H65N3O8P2S. The van der Waals surface area contributed by atoms with Gasteiger partial charge >= 0.3 is 0 Å². The Labute approximate surface area is 412 Å². The first-order valence-corrected chi connectivity index (χ1v) is 27.2. The second-order valence-electron chi connectivity index (χ2n) is 19.2. The number of hydrogen-bond acceptors (Lipinski definition) is 10. The molecule has 6 aromatic carbocycles. The summed E-state index contributed by atoms with van der Waals surface area (Å²) in [7, 11) is -6.82. The van der Waals surface area contributed by atoms with E-state index in [2.05, 4.69) is 24.5 Å². The van der Waals surface area contributed by atoms with E-state index in [0.29, 0.717) is 45.7 Å². The maximum absolute atomic E-state index is 14.4. The minimum Gasteiger partial charge on any atom is -0.493 e. The number of carbonyl (C=O) groups excluding carboxylic acids is 2. The van der Waals surface area contributed by atoms with E-state index in [1.165, 1.54) is 0 Å². The van der Waals surface area contributed by atoms with E-state index in [1.807, 2.05) is 180 Å². The lowest BCUT2D eigenvalue weighted by Gasteiger charge is -2.32. The third-order valence-corrected chi connectivity index (χ3v) is 16.8. The highest BCUT2D eigenvalue weighted by molar-refractivity contribution is 8.13. The summed E-state index contributed by atoms with van der Waals surface area (Å²) in [6.45, 7) is 13.9. The lowest BCUT2D eigenvalue weighted by atomic mass is 9.83. The summed E-state index contributed by atoms with van der Waals surface area (Å²) in [6, 6.07) is 51.3. The van der Waals surface area contributed by atoms with Crippen molar-refractivity contribution >= 4 is 58.9 Å². The molecule has 11 nitrogen and oxygen atoms in total. The van der Waals surface area contributed by atoms with E-state index >= 15 is 0 Å². The number of benzene rings is 6. The first kappa shape index (κ1) is 52.9. The third-order valence-electron chi connectivity index (χ3n) is 11.3. The molecule has 4 N–H and O–H groups in total. The SMILES string of the molecule is CC(CC(C)(C)COc1ccc(C(N)c2ccc(OCSC(=O)NC(C)(C)COP(=O)(c3ccccc3)c3ccccc3)cc2)cc1)C(=O)NC(C)(C)COP(=O)(c1ccccc1)c1ccccc1. The maximum atomic E-state index is 14.4. The predicted octanol–water partition coefficient (Wildman–Crippen LogP) is 10.5. The normalized spacial score (nSPS) is 13.2. The Morgan fingerprint density at radius 3 is 1.29 bits per heavy atom. The maximum Gasteiger partial charge on any atom is 0.282 e. The van der Waals surface area contributed by atoms with Gasteiger partial charge in [-0.15, -0.1) is 0 Å². The lowest BCUT2D eigenvalue weighted by molar-refractivity contribution is -0.127. The number of rotatable bonds is 23. The summed E-state index contributed by atoms with van der Waals surface area (Å²) in [6.07, 6.45) is 0.570. The number of ether oxygens (including phenoxy) is 2. The minimum absolute atomic E-state index is 0.0229. The fraction of sp³-hybridized carbons (Fsp3) is 0.309. The molecular weight excluding hydrogens is 925 g/mol. The first-order valence-electron chi connectivity index (χ1n) is 23.0. The van der Waals surface area contributed by atoms with Crippen molar-refractivity contribution in [2.75, 3.05) is 25.8 Å². The standard InChI is InChI=1S/C55H65N3O8P2S/c1-41(51(59)57-54(4,5)38-65-67(61,46-20-12-8-13-21-46)47-22-14-9-15-23-47)36-53(2,3)37-63-44-32-28-42(29-33-44)50(56)43-30-34-45(35-31-43)64-40-69-52(60)58-55(6,7)39-66-68(62,48-24-16-10-17-25-48)49-26-18-11-19-27-49/h8-35,41,50H,36-40,56H2,1-7H3,(H,57,59)(H,58,60). The van der Waals surface area contributed by atoms with Crippen LogP contribution in [0.2, 0.25) is 0 Å². The highest BCUT2D eigenvalue weighted by atomic mass is 32.2. The largest absolute Gasteiger partial charge is 0.493 e. The highest BCUT2D eigenvalue weighted by Gasteiger charge is 2.35. The van der Waals surface area contributed by atoms with Gasteiger partial charge in [0, 0.05) is 27.1 Å². The van der Waals surface area contributed by atoms with Crippen LogP contribution in [0, 0.1) is 11.3 Å². The molecule has 0 saturated heterocycles. The van der Waals surface area contributed by atoms with Crippen molar-refractivity contribution in [1.82, 2.24) is 10.6 Å². The second-order valence-corrected chi connectivity index (χ2v) is 24.9. The Morgan fingerprint density at radius 1 is 0.536 bits per heavy atom. The van der Waals surface area contributed by atoms with Gasteiger partial charge in [0.2, 0.25) is 5.91 Å². The van der Waals surface area contributed by atoms with Gasteiger partial charge in [0.15, 0.2) is 0 Å². The van der Waals surface area contributed by atoms with E-state index in [-0.39, 0.29) is 41.6 Å². The molecule has 2 amide bonds. The quantitative estimate of drug-likeness (QED) is 0.0417. The van der Waals surface area contributed by atoms with Crippen molar-refractivity contribution in [2.24, 2.45) is 17.1 Å². The summed E-state index contributed by atoms with van der Waals surface area (Å²) >= 11 is 0.981. The molecule has 0 bridgehead atoms. The Kier molecular flexibility index (Phi) is 18.0. The molecule has 364 valence electrons. The zero-order valence-corrected chi connectivity index (χ0v) is 43.1. The highest BCUT2D eigenvalue weighted by Crippen LogP contribution is 2.46. The molecule has 0 aliphatic heterocycles. The van der Waals surface area contributed by atoms with Gasteiger partial charge in [-0.3, -0.25) is 18.7 Å². The Bertz CT molecular complexity index is 2590. The Balaban J connectivity index is 0.923. The number of hydrogen-bond donors (Lipinski definition) is 3. The van der Waals surface area contributed by atoms with E-state index in [9.17, 15) is 18.7 Å². The van der Waals surface area contributed by atoms with Gasteiger partial charge in [0.25, 0.3) is 20.0 Å². The minimum atomic E-state index is -3.41. The summed E-state index contributed by atoms with van der Waals surface area (Å²) in [5.74, 6) is 0.911. The number of thioether (sulfide) groups is 1. The summed E-state index contributed by atoms with van der Waals surface area (Å²) in [4.78, 5) is 26.5. The molecule has 2 atom stereocenters. The monoisotopic (exact) mass is 989 g/mol. The van der Waals surface area contributed by atoms with Gasteiger partial charge in [0.1, 0.15) is 17.4 Å². The third kappa shape index (κ3) is 15.0. The molecule has 0 spiro atoms. The van der Waals surface area contributed by atoms with Crippen molar-refractivity contribution < 1.29 is 37.2 Å². The molecule has 2 unspecified atom stereocenters. The summed E-state index contributed by atoms with van der Waals surface area (Å²) in [5.41, 5.74) is 6.51. The van der Waals surface area contributed by atoms with Crippen LogP contribution in [0.3, 0.4) is 0 Å². The predicted molar refractivity (Wildman–Crippen MR) is 281 cm³/mol. The number of amides is 2. The molecule has 0 aromatic heterocycles. The molecule has 6 aromatic rings. The second kappa shape index (κ2) is 23.4. The van der Waals surface area contributed by atoms with Crippen molar-refractivity contribution in [1.29, 1.82) is 0 Å². The zero-order valence-electron chi connectivity index (χ0n) is 40.5. The van der Waals surface area contributed by atoms with Crippen LogP contribution in [0.4, 0.5) is 4.79 Å². The fourth-order valence-electron chi connectivity index (χ4n) is 7.58. The summed E-state index contributed by atoms with van der Waals surface area (Å²) < 4.78 is 53.1. The van der Waals surface area contributed by atoms with Gasteiger partial charge in [-0.2, -0.15) is 0 Å². The zero-order chi connectivity index (χ0) is 49.7. The van der Waals surface area contributed by atoms with Crippen LogP contribution >= 0.6 is 26.5 Å². The average Bonchev–Trinajstić information content (AvgIpc) is 3.35. The van der Waals surface area contributed by atoms with Crippen LogP contribution in [-0.4, -0.2) is 48.0 Å². The van der Waals surface area contributed by atoms with Crippen molar-refractivity contribution in [2.45, 2.75) is 72.0 Å². The molecule has 0 radical (unpaired) electrons. The van der Waals surface area contributed by atoms with Crippen LogP contribution in [0.15, 0.2) is 170 Å². The molecule has 0 fully saturated rings. The van der Waals surface area contributed by atoms with Crippen molar-refractivity contribution in [3.8, 4) is 11.5 Å².